The van der Waals surface area contributed by atoms with Crippen LogP contribution in [0.1, 0.15) is 35.8 Å². The topological polar surface area (TPSA) is 45.2 Å². The average Bonchev–Trinajstić information content (AvgIpc) is 2.68. The maximum atomic E-state index is 11.4. The summed E-state index contributed by atoms with van der Waals surface area (Å²) in [7, 11) is 1.96. The summed E-state index contributed by atoms with van der Waals surface area (Å²) < 4.78 is 0. The average molecular weight is 231 g/mol. The van der Waals surface area contributed by atoms with Gasteiger partial charge in [0.1, 0.15) is 6.17 Å². The molecule has 4 nitrogen and oxygen atoms in total. The molecule has 0 radical (unpaired) electrons. The lowest BCUT2D eigenvalue weighted by molar-refractivity contribution is -0.118. The fraction of sp³-hybridized carbons (Fsp3) is 0.538. The van der Waals surface area contributed by atoms with E-state index >= 15 is 0 Å². The molecule has 2 heterocycles. The Morgan fingerprint density at radius 3 is 3.00 bits per heavy atom. The third-order valence-corrected chi connectivity index (χ3v) is 3.70. The van der Waals surface area contributed by atoms with Gasteiger partial charge in [0, 0.05) is 6.20 Å². The summed E-state index contributed by atoms with van der Waals surface area (Å²) in [5.41, 5.74) is 3.82. The molecule has 90 valence electrons. The highest BCUT2D eigenvalue weighted by Crippen LogP contribution is 2.29. The Morgan fingerprint density at radius 1 is 1.41 bits per heavy atom. The van der Waals surface area contributed by atoms with Gasteiger partial charge in [-0.05, 0) is 49.9 Å². The lowest BCUT2D eigenvalue weighted by atomic mass is 9.90. The molecule has 1 aliphatic heterocycles. The van der Waals surface area contributed by atoms with Crippen LogP contribution in [-0.4, -0.2) is 29.4 Å². The molecule has 2 aliphatic rings. The molecule has 0 aromatic carbocycles. The Labute approximate surface area is 101 Å². The number of aromatic nitrogens is 1. The number of rotatable bonds is 1. The van der Waals surface area contributed by atoms with Crippen molar-refractivity contribution in [1.29, 1.82) is 0 Å². The molecule has 4 heteroatoms. The van der Waals surface area contributed by atoms with Crippen LogP contribution in [0.25, 0.3) is 0 Å². The maximum Gasteiger partial charge on any atom is 0.235 e. The normalized spacial score (nSPS) is 24.5. The van der Waals surface area contributed by atoms with Crippen LogP contribution >= 0.6 is 0 Å². The molecular formula is C13H17N3O. The van der Waals surface area contributed by atoms with E-state index in [1.54, 1.807) is 0 Å². The molecule has 3 rings (SSSR count). The predicted octanol–water partition coefficient (Wildman–Crippen LogP) is 1.02. The SMILES string of the molecule is CN1CC(=O)NC1c1nccc2c1CCCC2. The van der Waals surface area contributed by atoms with Gasteiger partial charge in [0.15, 0.2) is 0 Å². The molecule has 1 amide bonds. The van der Waals surface area contributed by atoms with Gasteiger partial charge in [0.25, 0.3) is 0 Å². The van der Waals surface area contributed by atoms with E-state index in [0.29, 0.717) is 6.54 Å². The third-order valence-electron chi connectivity index (χ3n) is 3.70. The van der Waals surface area contributed by atoms with Crippen molar-refractivity contribution in [3.05, 3.63) is 29.1 Å². The molecule has 17 heavy (non-hydrogen) atoms. The first-order chi connectivity index (χ1) is 8.25. The van der Waals surface area contributed by atoms with Crippen molar-refractivity contribution in [3.8, 4) is 0 Å². The summed E-state index contributed by atoms with van der Waals surface area (Å²) in [6, 6.07) is 2.12. The second-order valence-electron chi connectivity index (χ2n) is 4.93. The number of nitrogens with one attached hydrogen (secondary N) is 1. The third kappa shape index (κ3) is 1.82. The van der Waals surface area contributed by atoms with Crippen LogP contribution in [0.5, 0.6) is 0 Å². The van der Waals surface area contributed by atoms with Crippen molar-refractivity contribution < 1.29 is 4.79 Å². The fourth-order valence-corrected chi connectivity index (χ4v) is 2.83. The number of nitrogens with zero attached hydrogens (tertiary/aromatic N) is 2. The Morgan fingerprint density at radius 2 is 2.24 bits per heavy atom. The summed E-state index contributed by atoms with van der Waals surface area (Å²) in [5, 5.41) is 2.99. The molecule has 1 saturated heterocycles. The number of hydrogen-bond acceptors (Lipinski definition) is 3. The minimum absolute atomic E-state index is 0.0319. The van der Waals surface area contributed by atoms with Gasteiger partial charge in [-0.1, -0.05) is 0 Å². The van der Waals surface area contributed by atoms with Gasteiger partial charge in [-0.25, -0.2) is 0 Å². The Balaban J connectivity index is 2.00. The predicted molar refractivity (Wildman–Crippen MR) is 64.4 cm³/mol. The van der Waals surface area contributed by atoms with Gasteiger partial charge in [-0.2, -0.15) is 0 Å². The second kappa shape index (κ2) is 4.11. The van der Waals surface area contributed by atoms with Crippen molar-refractivity contribution in [3.63, 3.8) is 0 Å². The van der Waals surface area contributed by atoms with E-state index in [0.717, 1.165) is 18.5 Å². The van der Waals surface area contributed by atoms with Crippen LogP contribution in [0.15, 0.2) is 12.3 Å². The molecule has 1 atom stereocenters. The Hall–Kier alpha value is -1.42. The van der Waals surface area contributed by atoms with Gasteiger partial charge in [-0.15, -0.1) is 0 Å². The number of likely N-dealkylation sites (N-methyl/N-ethyl adjacent to an activating group) is 1. The van der Waals surface area contributed by atoms with Gasteiger partial charge in [-0.3, -0.25) is 14.7 Å². The molecule has 1 aromatic heterocycles. The lowest BCUT2D eigenvalue weighted by Gasteiger charge is -2.24. The highest BCUT2D eigenvalue weighted by molar-refractivity contribution is 5.80. The highest BCUT2D eigenvalue weighted by atomic mass is 16.2. The zero-order valence-electron chi connectivity index (χ0n) is 10.1. The van der Waals surface area contributed by atoms with Crippen LogP contribution < -0.4 is 5.32 Å². The minimum Gasteiger partial charge on any atom is -0.334 e. The quantitative estimate of drug-likeness (QED) is 0.785. The first-order valence-electron chi connectivity index (χ1n) is 6.22. The molecule has 0 saturated carbocycles. The molecule has 0 spiro atoms. The highest BCUT2D eigenvalue weighted by Gasteiger charge is 2.31. The fourth-order valence-electron chi connectivity index (χ4n) is 2.83. The summed E-state index contributed by atoms with van der Waals surface area (Å²) in [4.78, 5) is 18.0. The molecular weight excluding hydrogens is 214 g/mol. The van der Waals surface area contributed by atoms with Gasteiger partial charge >= 0.3 is 0 Å². The Kier molecular flexibility index (Phi) is 2.59. The van der Waals surface area contributed by atoms with Crippen LogP contribution in [0, 0.1) is 0 Å². The summed E-state index contributed by atoms with van der Waals surface area (Å²) >= 11 is 0. The van der Waals surface area contributed by atoms with Crippen molar-refractivity contribution in [2.75, 3.05) is 13.6 Å². The molecule has 1 aliphatic carbocycles. The van der Waals surface area contributed by atoms with Crippen LogP contribution in [0.2, 0.25) is 0 Å². The summed E-state index contributed by atoms with van der Waals surface area (Å²) in [6.07, 6.45) is 6.58. The molecule has 1 unspecified atom stereocenters. The number of carbonyl (C=O) groups excluding carboxylic acids is 1. The second-order valence-corrected chi connectivity index (χ2v) is 4.93. The standard InChI is InChI=1S/C13H17N3O/c1-16-8-11(17)15-13(16)12-10-5-3-2-4-9(10)6-7-14-12/h6-7,13H,2-5,8H2,1H3,(H,15,17). The number of hydrogen-bond donors (Lipinski definition) is 1. The maximum absolute atomic E-state index is 11.4. The minimum atomic E-state index is -0.0319. The first kappa shape index (κ1) is 10.7. The number of fused-ring (bicyclic) bond motifs is 1. The van der Waals surface area contributed by atoms with E-state index in [-0.39, 0.29) is 12.1 Å². The van der Waals surface area contributed by atoms with E-state index in [1.165, 1.54) is 24.0 Å². The van der Waals surface area contributed by atoms with Crippen LogP contribution in [0.4, 0.5) is 0 Å². The lowest BCUT2D eigenvalue weighted by Crippen LogP contribution is -2.27. The van der Waals surface area contributed by atoms with E-state index in [9.17, 15) is 4.79 Å². The summed E-state index contributed by atoms with van der Waals surface area (Å²) in [6.45, 7) is 0.468. The summed E-state index contributed by atoms with van der Waals surface area (Å²) in [5.74, 6) is 0.0905. The van der Waals surface area contributed by atoms with Gasteiger partial charge < -0.3 is 5.32 Å². The van der Waals surface area contributed by atoms with Crippen molar-refractivity contribution in [2.45, 2.75) is 31.8 Å². The first-order valence-corrected chi connectivity index (χ1v) is 6.22. The Bertz CT molecular complexity index is 458. The number of pyridine rings is 1. The largest absolute Gasteiger partial charge is 0.334 e. The number of amides is 1. The van der Waals surface area contributed by atoms with E-state index in [1.807, 2.05) is 18.1 Å². The number of aryl methyl sites for hydroxylation is 1. The van der Waals surface area contributed by atoms with Crippen molar-refractivity contribution in [1.82, 2.24) is 15.2 Å². The van der Waals surface area contributed by atoms with Crippen LogP contribution in [-0.2, 0) is 17.6 Å². The monoisotopic (exact) mass is 231 g/mol. The van der Waals surface area contributed by atoms with Crippen molar-refractivity contribution in [2.24, 2.45) is 0 Å². The zero-order chi connectivity index (χ0) is 11.8. The van der Waals surface area contributed by atoms with Gasteiger partial charge in [0.05, 0.1) is 12.2 Å². The molecule has 1 aromatic rings. The van der Waals surface area contributed by atoms with E-state index < -0.39 is 0 Å². The molecule has 0 bridgehead atoms. The van der Waals surface area contributed by atoms with Gasteiger partial charge in [0.2, 0.25) is 5.91 Å². The number of carbonyl (C=O) groups is 1. The zero-order valence-corrected chi connectivity index (χ0v) is 10.1. The smallest absolute Gasteiger partial charge is 0.235 e. The van der Waals surface area contributed by atoms with E-state index in [2.05, 4.69) is 16.4 Å². The molecule has 1 N–H and O–H groups in total. The van der Waals surface area contributed by atoms with E-state index in [4.69, 9.17) is 0 Å². The molecule has 1 fully saturated rings. The van der Waals surface area contributed by atoms with Crippen LogP contribution in [0.3, 0.4) is 0 Å². The van der Waals surface area contributed by atoms with Crippen molar-refractivity contribution >= 4 is 5.91 Å².